The highest BCUT2D eigenvalue weighted by atomic mass is 16.2. The first-order valence-corrected chi connectivity index (χ1v) is 9.01. The van der Waals surface area contributed by atoms with Crippen molar-refractivity contribution in [2.24, 2.45) is 7.05 Å². The smallest absolute Gasteiger partial charge is 0.239 e. The molecule has 0 aromatic carbocycles. The van der Waals surface area contributed by atoms with Gasteiger partial charge in [-0.2, -0.15) is 14.7 Å². The van der Waals surface area contributed by atoms with Crippen LogP contribution in [0.2, 0.25) is 0 Å². The van der Waals surface area contributed by atoms with Crippen LogP contribution in [0.4, 0.5) is 5.82 Å². The van der Waals surface area contributed by atoms with Crippen LogP contribution < -0.4 is 11.1 Å². The minimum atomic E-state index is -0.127. The number of hydrogen-bond acceptors (Lipinski definition) is 6. The summed E-state index contributed by atoms with van der Waals surface area (Å²) in [5, 5.41) is 12.0. The van der Waals surface area contributed by atoms with Crippen molar-refractivity contribution in [3.63, 3.8) is 0 Å². The lowest BCUT2D eigenvalue weighted by Gasteiger charge is -2.30. The Morgan fingerprint density at radius 2 is 2.11 bits per heavy atom. The first-order valence-electron chi connectivity index (χ1n) is 9.01. The number of nitrogens with two attached hydrogens (primary N) is 1. The zero-order chi connectivity index (χ0) is 19.1. The lowest BCUT2D eigenvalue weighted by atomic mass is 9.91. The molecule has 9 nitrogen and oxygen atoms in total. The zero-order valence-corrected chi connectivity index (χ0v) is 15.8. The van der Waals surface area contributed by atoms with Crippen molar-refractivity contribution in [3.05, 3.63) is 30.4 Å². The molecule has 27 heavy (non-hydrogen) atoms. The summed E-state index contributed by atoms with van der Waals surface area (Å²) < 4.78 is 3.40. The second-order valence-electron chi connectivity index (χ2n) is 7.27. The van der Waals surface area contributed by atoms with Gasteiger partial charge in [-0.1, -0.05) is 0 Å². The number of likely N-dealkylation sites (N-methyl/N-ethyl adjacent to an activating group) is 1. The van der Waals surface area contributed by atoms with Crippen LogP contribution in [0, 0.1) is 0 Å². The van der Waals surface area contributed by atoms with Crippen molar-refractivity contribution in [2.75, 3.05) is 26.4 Å². The molecule has 9 heteroatoms. The van der Waals surface area contributed by atoms with E-state index in [2.05, 4.69) is 15.5 Å². The van der Waals surface area contributed by atoms with Crippen LogP contribution in [-0.2, 0) is 11.8 Å². The maximum absolute atomic E-state index is 12.1. The Morgan fingerprint density at radius 3 is 2.74 bits per heavy atom. The van der Waals surface area contributed by atoms with Crippen molar-refractivity contribution >= 4 is 17.4 Å². The topological polar surface area (TPSA) is 106 Å². The molecule has 142 valence electrons. The molecule has 4 rings (SSSR count). The van der Waals surface area contributed by atoms with Gasteiger partial charge in [-0.15, -0.1) is 0 Å². The van der Waals surface area contributed by atoms with E-state index in [1.54, 1.807) is 40.6 Å². The summed E-state index contributed by atoms with van der Waals surface area (Å²) in [5.74, 6) is 0.878. The molecule has 0 aliphatic carbocycles. The number of carbonyl (C=O) groups excluding carboxylic acids is 1. The number of rotatable bonds is 3. The molecule has 2 unspecified atom stereocenters. The number of fused-ring (bicyclic) bond motifs is 1. The summed E-state index contributed by atoms with van der Waals surface area (Å²) in [5.41, 5.74) is 9.74. The fourth-order valence-corrected chi connectivity index (χ4v) is 3.61. The van der Waals surface area contributed by atoms with E-state index in [4.69, 9.17) is 10.7 Å². The third kappa shape index (κ3) is 3.14. The predicted octanol–water partition coefficient (Wildman–Crippen LogP) is 0.636. The summed E-state index contributed by atoms with van der Waals surface area (Å²) in [7, 11) is 5.44. The van der Waals surface area contributed by atoms with Gasteiger partial charge in [0.1, 0.15) is 5.82 Å². The predicted molar refractivity (Wildman–Crippen MR) is 102 cm³/mol. The Balaban J connectivity index is 1.63. The third-order valence-electron chi connectivity index (χ3n) is 5.11. The second-order valence-corrected chi connectivity index (χ2v) is 7.27. The van der Waals surface area contributed by atoms with Gasteiger partial charge in [0.15, 0.2) is 5.65 Å². The van der Waals surface area contributed by atoms with Gasteiger partial charge in [0.25, 0.3) is 0 Å². The number of nitrogens with zero attached hydrogens (tertiary/aromatic N) is 6. The van der Waals surface area contributed by atoms with Crippen LogP contribution in [0.15, 0.2) is 24.7 Å². The lowest BCUT2D eigenvalue weighted by molar-refractivity contribution is -0.131. The SMILES string of the molecule is CN(C)C(=O)C1CCC(c2cc(N)n3ncc(-c4cnn(C)c4)c3n2)CN1. The van der Waals surface area contributed by atoms with Crippen LogP contribution in [0.5, 0.6) is 0 Å². The monoisotopic (exact) mass is 368 g/mol. The summed E-state index contributed by atoms with van der Waals surface area (Å²) in [6.07, 6.45) is 7.16. The maximum atomic E-state index is 12.1. The van der Waals surface area contributed by atoms with E-state index in [1.165, 1.54) is 0 Å². The van der Waals surface area contributed by atoms with E-state index in [-0.39, 0.29) is 17.9 Å². The molecule has 0 spiro atoms. The lowest BCUT2D eigenvalue weighted by Crippen LogP contribution is -2.48. The average molecular weight is 368 g/mol. The molecule has 3 aromatic heterocycles. The van der Waals surface area contributed by atoms with Gasteiger partial charge in [-0.25, -0.2) is 4.98 Å². The molecular weight excluding hydrogens is 344 g/mol. The highest BCUT2D eigenvalue weighted by Crippen LogP contribution is 2.29. The van der Waals surface area contributed by atoms with Gasteiger partial charge in [0.05, 0.1) is 24.1 Å². The first-order chi connectivity index (χ1) is 12.9. The highest BCUT2D eigenvalue weighted by Gasteiger charge is 2.28. The van der Waals surface area contributed by atoms with Crippen molar-refractivity contribution in [2.45, 2.75) is 24.8 Å². The summed E-state index contributed by atoms with van der Waals surface area (Å²) in [6.45, 7) is 0.698. The Hall–Kier alpha value is -2.94. The molecule has 3 aromatic rings. The molecule has 0 saturated carbocycles. The Kier molecular flexibility index (Phi) is 4.31. The summed E-state index contributed by atoms with van der Waals surface area (Å²) in [6, 6.07) is 1.76. The van der Waals surface area contributed by atoms with Gasteiger partial charge in [-0.05, 0) is 12.8 Å². The molecule has 4 heterocycles. The first kappa shape index (κ1) is 17.5. The third-order valence-corrected chi connectivity index (χ3v) is 5.11. The van der Waals surface area contributed by atoms with Gasteiger partial charge < -0.3 is 16.0 Å². The van der Waals surface area contributed by atoms with Gasteiger partial charge in [0, 0.05) is 57.0 Å². The quantitative estimate of drug-likeness (QED) is 0.703. The van der Waals surface area contributed by atoms with E-state index in [0.717, 1.165) is 35.3 Å². The number of nitrogen functional groups attached to an aromatic ring is 1. The number of hydrogen-bond donors (Lipinski definition) is 2. The van der Waals surface area contributed by atoms with E-state index in [1.807, 2.05) is 19.3 Å². The minimum absolute atomic E-state index is 0.117. The number of piperidine rings is 1. The molecule has 3 N–H and O–H groups in total. The normalized spacial score (nSPS) is 20.1. The number of aromatic nitrogens is 5. The molecule has 2 atom stereocenters. The standard InChI is InChI=1S/C18H24N8O/c1-24(2)18(27)14-5-4-11(7-20-14)15-6-16(19)26-17(23-15)13(9-22-26)12-8-21-25(3)10-12/h6,8-11,14,20H,4-5,7,19H2,1-3H3. The van der Waals surface area contributed by atoms with Crippen LogP contribution in [0.1, 0.15) is 24.5 Å². The molecule has 1 aliphatic heterocycles. The number of carbonyl (C=O) groups is 1. The molecular formula is C18H24N8O. The molecule has 1 saturated heterocycles. The van der Waals surface area contributed by atoms with Crippen LogP contribution >= 0.6 is 0 Å². The van der Waals surface area contributed by atoms with E-state index in [0.29, 0.717) is 12.4 Å². The van der Waals surface area contributed by atoms with Gasteiger partial charge in [0.2, 0.25) is 5.91 Å². The maximum Gasteiger partial charge on any atom is 0.239 e. The highest BCUT2D eigenvalue weighted by molar-refractivity contribution is 5.81. The number of anilines is 1. The molecule has 1 amide bonds. The van der Waals surface area contributed by atoms with Crippen molar-refractivity contribution in [1.82, 2.24) is 34.6 Å². The number of amides is 1. The van der Waals surface area contributed by atoms with Crippen molar-refractivity contribution in [3.8, 4) is 11.1 Å². The summed E-state index contributed by atoms with van der Waals surface area (Å²) >= 11 is 0. The van der Waals surface area contributed by atoms with E-state index < -0.39 is 0 Å². The fraction of sp³-hybridized carbons (Fsp3) is 0.444. The van der Waals surface area contributed by atoms with Crippen LogP contribution in [0.3, 0.4) is 0 Å². The average Bonchev–Trinajstić information content (AvgIpc) is 3.27. The van der Waals surface area contributed by atoms with Crippen molar-refractivity contribution < 1.29 is 4.79 Å². The van der Waals surface area contributed by atoms with Gasteiger partial charge in [-0.3, -0.25) is 9.48 Å². The minimum Gasteiger partial charge on any atom is -0.384 e. The molecule has 0 radical (unpaired) electrons. The van der Waals surface area contributed by atoms with Gasteiger partial charge >= 0.3 is 0 Å². The second kappa shape index (κ2) is 6.66. The summed E-state index contributed by atoms with van der Waals surface area (Å²) in [4.78, 5) is 18.6. The Morgan fingerprint density at radius 1 is 1.30 bits per heavy atom. The van der Waals surface area contributed by atoms with Crippen LogP contribution in [-0.4, -0.2) is 61.9 Å². The largest absolute Gasteiger partial charge is 0.384 e. The molecule has 1 fully saturated rings. The Labute approximate surface area is 157 Å². The Bertz CT molecular complexity index is 981. The molecule has 1 aliphatic rings. The van der Waals surface area contributed by atoms with E-state index >= 15 is 0 Å². The van der Waals surface area contributed by atoms with Crippen LogP contribution in [0.25, 0.3) is 16.8 Å². The number of nitrogens with one attached hydrogen (secondary N) is 1. The van der Waals surface area contributed by atoms with E-state index in [9.17, 15) is 4.79 Å². The number of aryl methyl sites for hydroxylation is 1. The van der Waals surface area contributed by atoms with Crippen molar-refractivity contribution in [1.29, 1.82) is 0 Å². The zero-order valence-electron chi connectivity index (χ0n) is 15.8. The molecule has 0 bridgehead atoms. The fourth-order valence-electron chi connectivity index (χ4n) is 3.61.